The number of hydrogen-bond acceptors (Lipinski definition) is 6. The molecule has 1 heterocycles. The fourth-order valence-electron chi connectivity index (χ4n) is 1.17. The third-order valence-electron chi connectivity index (χ3n) is 1.97. The number of amidine groups is 1. The van der Waals surface area contributed by atoms with Crippen LogP contribution in [0, 0.1) is 0 Å². The van der Waals surface area contributed by atoms with Gasteiger partial charge >= 0.3 is 12.1 Å². The van der Waals surface area contributed by atoms with E-state index in [0.717, 1.165) is 7.11 Å². The number of esters is 1. The van der Waals surface area contributed by atoms with Crippen LogP contribution in [0.15, 0.2) is 4.99 Å². The van der Waals surface area contributed by atoms with Crippen molar-refractivity contribution >= 4 is 17.9 Å². The SMILES string of the molecule is COC(=O)NNC1=N[C@H](C(=O)OC)C[C@@H]1F. The molecule has 0 aliphatic carbocycles. The Bertz CT molecular complexity index is 320. The van der Waals surface area contributed by atoms with Crippen molar-refractivity contribution in [3.8, 4) is 0 Å². The van der Waals surface area contributed by atoms with E-state index in [1.165, 1.54) is 7.11 Å². The van der Waals surface area contributed by atoms with Crippen molar-refractivity contribution in [2.45, 2.75) is 18.6 Å². The summed E-state index contributed by atoms with van der Waals surface area (Å²) in [5.41, 5.74) is 4.28. The van der Waals surface area contributed by atoms with E-state index in [4.69, 9.17) is 0 Å². The second kappa shape index (κ2) is 5.29. The molecule has 7 nitrogen and oxygen atoms in total. The van der Waals surface area contributed by atoms with E-state index in [2.05, 4.69) is 19.9 Å². The van der Waals surface area contributed by atoms with Crippen LogP contribution in [0.5, 0.6) is 0 Å². The molecule has 0 aromatic carbocycles. The highest BCUT2D eigenvalue weighted by Crippen LogP contribution is 2.16. The highest BCUT2D eigenvalue weighted by atomic mass is 19.1. The van der Waals surface area contributed by atoms with Gasteiger partial charge in [0.1, 0.15) is 0 Å². The van der Waals surface area contributed by atoms with E-state index in [1.807, 2.05) is 5.43 Å². The maximum Gasteiger partial charge on any atom is 0.425 e. The van der Waals surface area contributed by atoms with Crippen molar-refractivity contribution in [2.75, 3.05) is 14.2 Å². The number of alkyl halides is 1. The van der Waals surface area contributed by atoms with Crippen LogP contribution in [-0.4, -0.2) is 44.3 Å². The maximum atomic E-state index is 13.3. The lowest BCUT2D eigenvalue weighted by atomic mass is 10.2. The van der Waals surface area contributed by atoms with E-state index in [-0.39, 0.29) is 12.3 Å². The van der Waals surface area contributed by atoms with Gasteiger partial charge in [0.2, 0.25) is 0 Å². The third kappa shape index (κ3) is 2.81. The number of ether oxygens (including phenoxy) is 2. The molecule has 2 N–H and O–H groups in total. The molecule has 90 valence electrons. The zero-order valence-electron chi connectivity index (χ0n) is 8.82. The third-order valence-corrected chi connectivity index (χ3v) is 1.97. The van der Waals surface area contributed by atoms with Crippen molar-refractivity contribution in [1.29, 1.82) is 0 Å². The lowest BCUT2D eigenvalue weighted by molar-refractivity contribution is -0.142. The van der Waals surface area contributed by atoms with Crippen molar-refractivity contribution < 1.29 is 23.5 Å². The van der Waals surface area contributed by atoms with Gasteiger partial charge in [0.25, 0.3) is 0 Å². The van der Waals surface area contributed by atoms with Crippen LogP contribution in [0.1, 0.15) is 6.42 Å². The van der Waals surface area contributed by atoms with Gasteiger partial charge in [-0.2, -0.15) is 0 Å². The molecule has 0 radical (unpaired) electrons. The lowest BCUT2D eigenvalue weighted by Gasteiger charge is -2.07. The number of nitrogens with zero attached hydrogens (tertiary/aromatic N) is 1. The predicted octanol–water partition coefficient (Wildman–Crippen LogP) is -0.471. The quantitative estimate of drug-likeness (QED) is 0.472. The lowest BCUT2D eigenvalue weighted by Crippen LogP contribution is -2.44. The average Bonchev–Trinajstić information content (AvgIpc) is 2.66. The Morgan fingerprint density at radius 3 is 2.69 bits per heavy atom. The Labute approximate surface area is 91.0 Å². The van der Waals surface area contributed by atoms with E-state index < -0.39 is 24.3 Å². The minimum Gasteiger partial charge on any atom is -0.467 e. The van der Waals surface area contributed by atoms with Crippen molar-refractivity contribution in [3.63, 3.8) is 0 Å². The molecule has 16 heavy (non-hydrogen) atoms. The summed E-state index contributed by atoms with van der Waals surface area (Å²) < 4.78 is 22.0. The van der Waals surface area contributed by atoms with Gasteiger partial charge in [0.05, 0.1) is 14.2 Å². The van der Waals surface area contributed by atoms with Gasteiger partial charge in [0, 0.05) is 6.42 Å². The topological polar surface area (TPSA) is 89.0 Å². The van der Waals surface area contributed by atoms with Crippen LogP contribution in [0.4, 0.5) is 9.18 Å². The second-order valence-corrected chi connectivity index (χ2v) is 3.00. The summed E-state index contributed by atoms with van der Waals surface area (Å²) in [7, 11) is 2.36. The van der Waals surface area contributed by atoms with Crippen molar-refractivity contribution in [1.82, 2.24) is 10.9 Å². The van der Waals surface area contributed by atoms with E-state index in [9.17, 15) is 14.0 Å². The van der Waals surface area contributed by atoms with E-state index >= 15 is 0 Å². The van der Waals surface area contributed by atoms with Crippen molar-refractivity contribution in [2.24, 2.45) is 4.99 Å². The van der Waals surface area contributed by atoms with Crippen molar-refractivity contribution in [3.05, 3.63) is 0 Å². The summed E-state index contributed by atoms with van der Waals surface area (Å²) in [5.74, 6) is -0.738. The molecule has 0 saturated carbocycles. The van der Waals surface area contributed by atoms with E-state index in [0.29, 0.717) is 0 Å². The molecule has 1 rings (SSSR count). The first kappa shape index (κ1) is 12.2. The molecule has 0 aromatic heterocycles. The highest BCUT2D eigenvalue weighted by Gasteiger charge is 2.33. The molecule has 0 aromatic rings. The predicted molar refractivity (Wildman–Crippen MR) is 51.4 cm³/mol. The Kier molecular flexibility index (Phi) is 4.03. The number of hydrogen-bond donors (Lipinski definition) is 2. The molecule has 0 bridgehead atoms. The number of hydrazine groups is 1. The van der Waals surface area contributed by atoms with Gasteiger partial charge in [0.15, 0.2) is 18.0 Å². The Balaban J connectivity index is 2.52. The summed E-state index contributed by atoms with van der Waals surface area (Å²) in [6, 6.07) is -0.873. The number of rotatable bonds is 1. The van der Waals surface area contributed by atoms with Gasteiger partial charge < -0.3 is 9.47 Å². The summed E-state index contributed by atoms with van der Waals surface area (Å²) in [6.45, 7) is 0. The van der Waals surface area contributed by atoms with Crippen LogP contribution >= 0.6 is 0 Å². The Morgan fingerprint density at radius 2 is 2.12 bits per heavy atom. The molecule has 0 spiro atoms. The van der Waals surface area contributed by atoms with E-state index in [1.54, 1.807) is 0 Å². The van der Waals surface area contributed by atoms with Gasteiger partial charge in [-0.1, -0.05) is 0 Å². The van der Waals surface area contributed by atoms with Crippen LogP contribution in [-0.2, 0) is 14.3 Å². The molecule has 1 aliphatic heterocycles. The summed E-state index contributed by atoms with van der Waals surface area (Å²) in [5, 5.41) is 0. The molecular formula is C8H12FN3O4. The minimum absolute atomic E-state index is 0.0993. The maximum absolute atomic E-state index is 13.3. The summed E-state index contributed by atoms with van der Waals surface area (Å²) >= 11 is 0. The number of nitrogens with one attached hydrogen (secondary N) is 2. The second-order valence-electron chi connectivity index (χ2n) is 3.00. The molecule has 0 saturated heterocycles. The zero-order chi connectivity index (χ0) is 12.1. The smallest absolute Gasteiger partial charge is 0.425 e. The van der Waals surface area contributed by atoms with Crippen LogP contribution < -0.4 is 10.9 Å². The average molecular weight is 233 g/mol. The largest absolute Gasteiger partial charge is 0.467 e. The first-order chi connectivity index (χ1) is 7.58. The summed E-state index contributed by atoms with van der Waals surface area (Å²) in [4.78, 5) is 25.5. The van der Waals surface area contributed by atoms with Gasteiger partial charge in [-0.25, -0.2) is 19.4 Å². The highest BCUT2D eigenvalue weighted by molar-refractivity contribution is 5.93. The first-order valence-corrected chi connectivity index (χ1v) is 4.48. The Morgan fingerprint density at radius 1 is 1.44 bits per heavy atom. The molecule has 2 atom stereocenters. The fourth-order valence-corrected chi connectivity index (χ4v) is 1.17. The fraction of sp³-hybridized carbons (Fsp3) is 0.625. The number of amides is 1. The molecule has 1 aliphatic rings. The first-order valence-electron chi connectivity index (χ1n) is 4.48. The molecule has 0 unspecified atom stereocenters. The zero-order valence-corrected chi connectivity index (χ0v) is 8.82. The number of aliphatic imine (C=N–C) groups is 1. The van der Waals surface area contributed by atoms with Crippen LogP contribution in [0.2, 0.25) is 0 Å². The van der Waals surface area contributed by atoms with Gasteiger partial charge in [-0.3, -0.25) is 10.4 Å². The molecule has 1 amide bonds. The number of methoxy groups -OCH3 is 2. The van der Waals surface area contributed by atoms with Gasteiger partial charge in [-0.15, -0.1) is 0 Å². The number of carbonyl (C=O) groups excluding carboxylic acids is 2. The summed E-state index contributed by atoms with van der Waals surface area (Å²) in [6.07, 6.45) is -2.32. The molecule has 8 heteroatoms. The number of halogens is 1. The monoisotopic (exact) mass is 233 g/mol. The standard InChI is InChI=1S/C8H12FN3O4/c1-15-7(13)5-3-4(9)6(10-5)11-12-8(14)16-2/h4-5H,3H2,1-2H3,(H,10,11)(H,12,14)/t4-,5-/m0/s1. The van der Waals surface area contributed by atoms with Crippen LogP contribution in [0.3, 0.4) is 0 Å². The van der Waals surface area contributed by atoms with Crippen LogP contribution in [0.25, 0.3) is 0 Å². The number of carbonyl (C=O) groups is 2. The minimum atomic E-state index is -1.44. The molecular weight excluding hydrogens is 221 g/mol. The Hall–Kier alpha value is -1.86. The van der Waals surface area contributed by atoms with Gasteiger partial charge in [-0.05, 0) is 0 Å². The molecule has 0 fully saturated rings. The normalized spacial score (nSPS) is 23.3.